The average Bonchev–Trinajstić information content (AvgIpc) is 2.27. The molecule has 0 heterocycles. The van der Waals surface area contributed by atoms with E-state index in [0.717, 1.165) is 6.42 Å². The molecule has 72 valence electrons. The van der Waals surface area contributed by atoms with Crippen LogP contribution in [0, 0.1) is 11.8 Å². The fraction of sp³-hybridized carbons (Fsp3) is 1.00. The van der Waals surface area contributed by atoms with E-state index in [0.29, 0.717) is 17.9 Å². The van der Waals surface area contributed by atoms with Crippen LogP contribution in [0.2, 0.25) is 0 Å². The van der Waals surface area contributed by atoms with Gasteiger partial charge in [0.2, 0.25) is 0 Å². The molecule has 2 atom stereocenters. The molecule has 1 aliphatic rings. The van der Waals surface area contributed by atoms with Crippen LogP contribution in [-0.4, -0.2) is 11.2 Å². The zero-order chi connectivity index (χ0) is 8.97. The van der Waals surface area contributed by atoms with Gasteiger partial charge in [0.1, 0.15) is 0 Å². The van der Waals surface area contributed by atoms with Gasteiger partial charge >= 0.3 is 0 Å². The summed E-state index contributed by atoms with van der Waals surface area (Å²) >= 11 is 0. The van der Waals surface area contributed by atoms with Crippen molar-refractivity contribution in [3.05, 3.63) is 0 Å². The predicted octanol–water partition coefficient (Wildman–Crippen LogP) is 2.57. The molecule has 2 N–H and O–H groups in total. The Morgan fingerprint density at radius 1 is 1.17 bits per heavy atom. The SMILES string of the molecule is CC(C)C1CCCCCC1NO. The minimum Gasteiger partial charge on any atom is -0.317 e. The lowest BCUT2D eigenvalue weighted by molar-refractivity contribution is 0.0786. The van der Waals surface area contributed by atoms with E-state index in [1.165, 1.54) is 25.7 Å². The summed E-state index contributed by atoms with van der Waals surface area (Å²) in [6, 6.07) is 0.340. The molecule has 0 bridgehead atoms. The molecule has 0 aromatic carbocycles. The quantitative estimate of drug-likeness (QED) is 0.494. The van der Waals surface area contributed by atoms with Gasteiger partial charge in [-0.25, -0.2) is 5.48 Å². The first-order chi connectivity index (χ1) is 5.75. The number of hydrogen-bond donors (Lipinski definition) is 2. The summed E-state index contributed by atoms with van der Waals surface area (Å²) in [6.45, 7) is 4.50. The van der Waals surface area contributed by atoms with Crippen LogP contribution in [0.15, 0.2) is 0 Å². The Morgan fingerprint density at radius 3 is 2.42 bits per heavy atom. The lowest BCUT2D eigenvalue weighted by Gasteiger charge is -2.26. The molecule has 0 aromatic heterocycles. The topological polar surface area (TPSA) is 32.3 Å². The van der Waals surface area contributed by atoms with E-state index >= 15 is 0 Å². The Hall–Kier alpha value is -0.0800. The summed E-state index contributed by atoms with van der Waals surface area (Å²) < 4.78 is 0. The fourth-order valence-electron chi connectivity index (χ4n) is 2.29. The highest BCUT2D eigenvalue weighted by Crippen LogP contribution is 2.28. The van der Waals surface area contributed by atoms with Crippen LogP contribution in [0.4, 0.5) is 0 Å². The van der Waals surface area contributed by atoms with E-state index in [-0.39, 0.29) is 0 Å². The third-order valence-electron chi connectivity index (χ3n) is 3.09. The first-order valence-electron chi connectivity index (χ1n) is 5.15. The lowest BCUT2D eigenvalue weighted by Crippen LogP contribution is -2.35. The molecule has 0 amide bonds. The highest BCUT2D eigenvalue weighted by molar-refractivity contribution is 4.78. The maximum Gasteiger partial charge on any atom is 0.0350 e. The molecule has 0 aliphatic heterocycles. The number of hydrogen-bond acceptors (Lipinski definition) is 2. The van der Waals surface area contributed by atoms with Gasteiger partial charge < -0.3 is 5.21 Å². The van der Waals surface area contributed by atoms with E-state index in [1.54, 1.807) is 0 Å². The molecule has 0 radical (unpaired) electrons. The Balaban J connectivity index is 2.51. The van der Waals surface area contributed by atoms with Crippen molar-refractivity contribution in [2.75, 3.05) is 0 Å². The lowest BCUT2D eigenvalue weighted by atomic mass is 9.85. The van der Waals surface area contributed by atoms with Gasteiger partial charge in [-0.1, -0.05) is 33.1 Å². The molecule has 2 unspecified atom stereocenters. The maximum atomic E-state index is 8.99. The summed E-state index contributed by atoms with van der Waals surface area (Å²) in [5.74, 6) is 1.35. The molecule has 0 spiro atoms. The Bertz CT molecular complexity index is 125. The first-order valence-corrected chi connectivity index (χ1v) is 5.15. The van der Waals surface area contributed by atoms with Gasteiger partial charge in [0.05, 0.1) is 0 Å². The molecule has 1 saturated carbocycles. The summed E-state index contributed by atoms with van der Waals surface area (Å²) in [5.41, 5.74) is 2.48. The monoisotopic (exact) mass is 171 g/mol. The van der Waals surface area contributed by atoms with Crippen LogP contribution < -0.4 is 5.48 Å². The predicted molar refractivity (Wildman–Crippen MR) is 50.1 cm³/mol. The van der Waals surface area contributed by atoms with Crippen LogP contribution in [0.25, 0.3) is 0 Å². The standard InChI is InChI=1S/C10H21NO/c1-8(2)9-6-4-3-5-7-10(9)11-12/h8-12H,3-7H2,1-2H3. The molecule has 2 heteroatoms. The molecule has 0 saturated heterocycles. The van der Waals surface area contributed by atoms with Gasteiger partial charge in [0, 0.05) is 6.04 Å². The fourth-order valence-corrected chi connectivity index (χ4v) is 2.29. The van der Waals surface area contributed by atoms with Crippen molar-refractivity contribution in [2.45, 2.75) is 52.0 Å². The molecular weight excluding hydrogens is 150 g/mol. The highest BCUT2D eigenvalue weighted by atomic mass is 16.5. The third kappa shape index (κ3) is 2.46. The van der Waals surface area contributed by atoms with Crippen molar-refractivity contribution in [1.29, 1.82) is 0 Å². The molecule has 12 heavy (non-hydrogen) atoms. The maximum absolute atomic E-state index is 8.99. The summed E-state index contributed by atoms with van der Waals surface area (Å²) in [7, 11) is 0. The zero-order valence-corrected chi connectivity index (χ0v) is 8.21. The van der Waals surface area contributed by atoms with Crippen molar-refractivity contribution < 1.29 is 5.21 Å². The van der Waals surface area contributed by atoms with E-state index in [9.17, 15) is 0 Å². The zero-order valence-electron chi connectivity index (χ0n) is 8.21. The van der Waals surface area contributed by atoms with Crippen molar-refractivity contribution in [1.82, 2.24) is 5.48 Å². The van der Waals surface area contributed by atoms with Gasteiger partial charge in [-0.05, 0) is 24.7 Å². The second-order valence-electron chi connectivity index (χ2n) is 4.28. The van der Waals surface area contributed by atoms with Crippen molar-refractivity contribution in [2.24, 2.45) is 11.8 Å². The van der Waals surface area contributed by atoms with Gasteiger partial charge in [-0.3, -0.25) is 0 Å². The van der Waals surface area contributed by atoms with Crippen molar-refractivity contribution >= 4 is 0 Å². The molecule has 1 aliphatic carbocycles. The third-order valence-corrected chi connectivity index (χ3v) is 3.09. The van der Waals surface area contributed by atoms with Crippen LogP contribution in [0.1, 0.15) is 46.0 Å². The average molecular weight is 171 g/mol. The van der Waals surface area contributed by atoms with E-state index in [1.807, 2.05) is 0 Å². The number of rotatable bonds is 2. The first kappa shape index (κ1) is 10.0. The largest absolute Gasteiger partial charge is 0.317 e. The molecule has 2 nitrogen and oxygen atoms in total. The minimum atomic E-state index is 0.340. The minimum absolute atomic E-state index is 0.340. The van der Waals surface area contributed by atoms with E-state index < -0.39 is 0 Å². The normalized spacial score (nSPS) is 32.0. The summed E-state index contributed by atoms with van der Waals surface area (Å²) in [6.07, 6.45) is 6.35. The summed E-state index contributed by atoms with van der Waals surface area (Å²) in [5, 5.41) is 8.99. The number of hydroxylamine groups is 1. The van der Waals surface area contributed by atoms with Crippen LogP contribution in [0.3, 0.4) is 0 Å². The Kier molecular flexibility index (Phi) is 4.02. The van der Waals surface area contributed by atoms with Gasteiger partial charge in [0.15, 0.2) is 0 Å². The van der Waals surface area contributed by atoms with E-state index in [4.69, 9.17) is 5.21 Å². The molecule has 1 rings (SSSR count). The smallest absolute Gasteiger partial charge is 0.0350 e. The van der Waals surface area contributed by atoms with Gasteiger partial charge in [-0.15, -0.1) is 0 Å². The van der Waals surface area contributed by atoms with Crippen molar-refractivity contribution in [3.63, 3.8) is 0 Å². The van der Waals surface area contributed by atoms with Crippen molar-refractivity contribution in [3.8, 4) is 0 Å². The molecule has 1 fully saturated rings. The summed E-state index contributed by atoms with van der Waals surface area (Å²) in [4.78, 5) is 0. The van der Waals surface area contributed by atoms with Gasteiger partial charge in [-0.2, -0.15) is 0 Å². The number of nitrogens with one attached hydrogen (secondary N) is 1. The Morgan fingerprint density at radius 2 is 1.83 bits per heavy atom. The van der Waals surface area contributed by atoms with Gasteiger partial charge in [0.25, 0.3) is 0 Å². The van der Waals surface area contributed by atoms with Crippen LogP contribution in [-0.2, 0) is 0 Å². The second-order valence-corrected chi connectivity index (χ2v) is 4.28. The molecular formula is C10H21NO. The van der Waals surface area contributed by atoms with Crippen LogP contribution in [0.5, 0.6) is 0 Å². The van der Waals surface area contributed by atoms with Crippen LogP contribution >= 0.6 is 0 Å². The highest BCUT2D eigenvalue weighted by Gasteiger charge is 2.25. The second kappa shape index (κ2) is 4.83. The van der Waals surface area contributed by atoms with E-state index in [2.05, 4.69) is 19.3 Å². The molecule has 0 aromatic rings. The Labute approximate surface area is 75.3 Å².